The molecule has 0 unspecified atom stereocenters. The van der Waals surface area contributed by atoms with Crippen molar-refractivity contribution >= 4 is 24.1 Å². The summed E-state index contributed by atoms with van der Waals surface area (Å²) in [6.07, 6.45) is 6.45. The Labute approximate surface area is 144 Å². The van der Waals surface area contributed by atoms with Crippen molar-refractivity contribution in [2.24, 2.45) is 5.92 Å². The number of hydrogen-bond donors (Lipinski definition) is 1. The van der Waals surface area contributed by atoms with Gasteiger partial charge in [-0.05, 0) is 49.8 Å². The maximum absolute atomic E-state index is 12.1. The number of aryl methyl sites for hydroxylation is 1. The van der Waals surface area contributed by atoms with E-state index in [1.54, 1.807) is 0 Å². The first-order valence-electron chi connectivity index (χ1n) is 8.18. The van der Waals surface area contributed by atoms with Crippen LogP contribution in [0.5, 0.6) is 0 Å². The summed E-state index contributed by atoms with van der Waals surface area (Å²) in [6, 6.07) is 6.46. The zero-order valence-corrected chi connectivity index (χ0v) is 14.7. The number of halogens is 1. The minimum atomic E-state index is 0. The summed E-state index contributed by atoms with van der Waals surface area (Å²) < 4.78 is 0. The van der Waals surface area contributed by atoms with Crippen molar-refractivity contribution in [3.8, 4) is 0 Å². The molecule has 1 aliphatic carbocycles. The topological polar surface area (TPSA) is 35.6 Å². The average molecular weight is 336 g/mol. The molecule has 126 valence electrons. The normalized spacial score (nSPS) is 18.0. The molecule has 5 heteroatoms. The Hall–Kier alpha value is -1.68. The fourth-order valence-corrected chi connectivity index (χ4v) is 2.86. The molecular weight excluding hydrogens is 310 g/mol. The number of allylic oxidation sites excluding steroid dienone is 1. The van der Waals surface area contributed by atoms with Gasteiger partial charge in [0.2, 0.25) is 0 Å². The highest BCUT2D eigenvalue weighted by Crippen LogP contribution is 2.29. The van der Waals surface area contributed by atoms with Crippen molar-refractivity contribution < 1.29 is 4.79 Å². The Bertz CT molecular complexity index is 576. The Morgan fingerprint density at radius 3 is 2.52 bits per heavy atom. The van der Waals surface area contributed by atoms with Gasteiger partial charge in [-0.2, -0.15) is 0 Å². The van der Waals surface area contributed by atoms with Crippen LogP contribution >= 0.6 is 12.4 Å². The molecule has 1 aromatic rings. The fourth-order valence-electron chi connectivity index (χ4n) is 2.86. The van der Waals surface area contributed by atoms with Crippen LogP contribution in [0.1, 0.15) is 24.0 Å². The molecule has 4 nitrogen and oxygen atoms in total. The minimum absolute atomic E-state index is 0. The maximum Gasteiger partial charge on any atom is 0.321 e. The van der Waals surface area contributed by atoms with E-state index in [1.165, 1.54) is 29.7 Å². The van der Waals surface area contributed by atoms with Gasteiger partial charge in [-0.25, -0.2) is 4.79 Å². The van der Waals surface area contributed by atoms with Gasteiger partial charge >= 0.3 is 6.03 Å². The molecule has 1 heterocycles. The molecule has 1 N–H and O–H groups in total. The molecule has 1 aromatic carbocycles. The summed E-state index contributed by atoms with van der Waals surface area (Å²) in [5.41, 5.74) is 3.96. The smallest absolute Gasteiger partial charge is 0.321 e. The summed E-state index contributed by atoms with van der Waals surface area (Å²) in [5.74, 6) is 0.696. The predicted molar refractivity (Wildman–Crippen MR) is 97.3 cm³/mol. The van der Waals surface area contributed by atoms with Crippen molar-refractivity contribution in [1.82, 2.24) is 10.2 Å². The van der Waals surface area contributed by atoms with Crippen molar-refractivity contribution in [2.75, 3.05) is 31.1 Å². The molecule has 0 atom stereocenters. The van der Waals surface area contributed by atoms with E-state index in [0.29, 0.717) is 5.92 Å². The van der Waals surface area contributed by atoms with Crippen LogP contribution in [0.15, 0.2) is 30.5 Å². The van der Waals surface area contributed by atoms with Crippen molar-refractivity contribution in [3.05, 3.63) is 41.6 Å². The van der Waals surface area contributed by atoms with Crippen molar-refractivity contribution in [3.63, 3.8) is 0 Å². The van der Waals surface area contributed by atoms with E-state index in [4.69, 9.17) is 0 Å². The minimum Gasteiger partial charge on any atom is -0.368 e. The van der Waals surface area contributed by atoms with Gasteiger partial charge in [-0.15, -0.1) is 12.4 Å². The molecule has 2 fully saturated rings. The number of amides is 2. The highest BCUT2D eigenvalue weighted by molar-refractivity contribution is 5.85. The predicted octanol–water partition coefficient (Wildman–Crippen LogP) is 3.48. The van der Waals surface area contributed by atoms with Crippen LogP contribution < -0.4 is 10.2 Å². The number of carbonyl (C=O) groups is 1. The number of nitrogens with zero attached hydrogens (tertiary/aromatic N) is 2. The van der Waals surface area contributed by atoms with Gasteiger partial charge in [0.15, 0.2) is 0 Å². The van der Waals surface area contributed by atoms with Gasteiger partial charge in [-0.1, -0.05) is 18.2 Å². The molecule has 1 aliphatic heterocycles. The third-order valence-corrected chi connectivity index (χ3v) is 4.68. The number of carbonyl (C=O) groups excluding carboxylic acids is 1. The van der Waals surface area contributed by atoms with Crippen LogP contribution in [-0.4, -0.2) is 37.1 Å². The Morgan fingerprint density at radius 2 is 1.87 bits per heavy atom. The van der Waals surface area contributed by atoms with Gasteiger partial charge in [0.25, 0.3) is 0 Å². The average Bonchev–Trinajstić information content (AvgIpc) is 3.34. The zero-order valence-electron chi connectivity index (χ0n) is 13.9. The third-order valence-electron chi connectivity index (χ3n) is 4.68. The van der Waals surface area contributed by atoms with Crippen LogP contribution in [0.25, 0.3) is 0 Å². The van der Waals surface area contributed by atoms with E-state index in [1.807, 2.05) is 11.1 Å². The molecular formula is C18H26ClN3O. The lowest BCUT2D eigenvalue weighted by molar-refractivity contribution is 0.198. The lowest BCUT2D eigenvalue weighted by atomic mass is 10.1. The Kier molecular flexibility index (Phi) is 5.94. The molecule has 3 rings (SSSR count). The molecule has 2 aliphatic rings. The Morgan fingerprint density at radius 1 is 1.17 bits per heavy atom. The quantitative estimate of drug-likeness (QED) is 0.918. The monoisotopic (exact) mass is 335 g/mol. The number of urea groups is 1. The molecule has 0 spiro atoms. The van der Waals surface area contributed by atoms with E-state index in [-0.39, 0.29) is 18.4 Å². The number of nitrogens with one attached hydrogen (secondary N) is 1. The van der Waals surface area contributed by atoms with Crippen LogP contribution in [0.4, 0.5) is 10.5 Å². The largest absolute Gasteiger partial charge is 0.368 e. The van der Waals surface area contributed by atoms with E-state index < -0.39 is 0 Å². The molecule has 2 amide bonds. The Balaban J connectivity index is 0.00000192. The molecule has 1 saturated carbocycles. The summed E-state index contributed by atoms with van der Waals surface area (Å²) >= 11 is 0. The number of piperazine rings is 1. The standard InChI is InChI=1S/C18H25N3O.ClH/c1-14-4-3-5-17(15(14)2)20-10-12-21(13-11-20)18(22)19-9-8-16-6-7-16;/h3-5,8-9,16H,6-7,10-13H2,1-2H3,(H,19,22);1H/b9-8+;. The number of benzene rings is 1. The van der Waals surface area contributed by atoms with Gasteiger partial charge in [0.05, 0.1) is 0 Å². The highest BCUT2D eigenvalue weighted by Gasteiger charge is 2.22. The first kappa shape index (κ1) is 17.7. The summed E-state index contributed by atoms with van der Waals surface area (Å²) in [5, 5.41) is 2.89. The van der Waals surface area contributed by atoms with Crippen LogP contribution in [-0.2, 0) is 0 Å². The molecule has 0 bridgehead atoms. The van der Waals surface area contributed by atoms with Gasteiger partial charge in [-0.3, -0.25) is 0 Å². The lowest BCUT2D eigenvalue weighted by Crippen LogP contribution is -2.51. The van der Waals surface area contributed by atoms with Gasteiger partial charge < -0.3 is 15.1 Å². The van der Waals surface area contributed by atoms with Gasteiger partial charge in [0.1, 0.15) is 0 Å². The molecule has 23 heavy (non-hydrogen) atoms. The second-order valence-corrected chi connectivity index (χ2v) is 6.34. The molecule has 0 radical (unpaired) electrons. The van der Waals surface area contributed by atoms with E-state index in [2.05, 4.69) is 48.3 Å². The fraction of sp³-hybridized carbons (Fsp3) is 0.500. The SMILES string of the molecule is Cc1cccc(N2CCN(C(=O)N/C=C/C3CC3)CC2)c1C.Cl. The number of rotatable bonds is 3. The van der Waals surface area contributed by atoms with Crippen LogP contribution in [0.2, 0.25) is 0 Å². The van der Waals surface area contributed by atoms with E-state index >= 15 is 0 Å². The van der Waals surface area contributed by atoms with Crippen LogP contribution in [0, 0.1) is 19.8 Å². The molecule has 0 aromatic heterocycles. The first-order chi connectivity index (χ1) is 10.6. The summed E-state index contributed by atoms with van der Waals surface area (Å²) in [6.45, 7) is 7.65. The first-order valence-corrected chi connectivity index (χ1v) is 8.18. The number of hydrogen-bond acceptors (Lipinski definition) is 2. The lowest BCUT2D eigenvalue weighted by Gasteiger charge is -2.36. The summed E-state index contributed by atoms with van der Waals surface area (Å²) in [4.78, 5) is 16.4. The van der Waals surface area contributed by atoms with Crippen LogP contribution in [0.3, 0.4) is 0 Å². The van der Waals surface area contributed by atoms with E-state index in [0.717, 1.165) is 26.2 Å². The summed E-state index contributed by atoms with van der Waals surface area (Å²) in [7, 11) is 0. The highest BCUT2D eigenvalue weighted by atomic mass is 35.5. The maximum atomic E-state index is 12.1. The zero-order chi connectivity index (χ0) is 15.5. The van der Waals surface area contributed by atoms with E-state index in [9.17, 15) is 4.79 Å². The number of anilines is 1. The molecule has 1 saturated heterocycles. The third kappa shape index (κ3) is 4.41. The second kappa shape index (κ2) is 7.73. The van der Waals surface area contributed by atoms with Crippen molar-refractivity contribution in [1.29, 1.82) is 0 Å². The van der Waals surface area contributed by atoms with Gasteiger partial charge in [0, 0.05) is 38.1 Å². The second-order valence-electron chi connectivity index (χ2n) is 6.34. The van der Waals surface area contributed by atoms with Crippen molar-refractivity contribution in [2.45, 2.75) is 26.7 Å².